The minimum absolute atomic E-state index is 0.0216. The molecule has 0 aliphatic rings. The number of nitrogens with zero attached hydrogens (tertiary/aromatic N) is 1. The molecular formula is C29H23N3O4S. The summed E-state index contributed by atoms with van der Waals surface area (Å²) in [4.78, 5) is 19.4. The van der Waals surface area contributed by atoms with Crippen molar-refractivity contribution in [3.8, 4) is 28.1 Å². The van der Waals surface area contributed by atoms with Gasteiger partial charge in [-0.05, 0) is 58.1 Å². The summed E-state index contributed by atoms with van der Waals surface area (Å²) >= 11 is 0. The highest BCUT2D eigenvalue weighted by atomic mass is 32.2. The molecule has 0 aliphatic carbocycles. The number of rotatable bonds is 6. The van der Waals surface area contributed by atoms with E-state index in [1.165, 1.54) is 18.3 Å². The molecule has 8 heteroatoms. The minimum atomic E-state index is -3.77. The molecule has 5 rings (SSSR count). The largest absolute Gasteiger partial charge is 0.494 e. The molecule has 0 aliphatic heterocycles. The molecule has 37 heavy (non-hydrogen) atoms. The van der Waals surface area contributed by atoms with Crippen LogP contribution in [0.4, 0.5) is 0 Å². The third-order valence-corrected chi connectivity index (χ3v) is 7.02. The predicted molar refractivity (Wildman–Crippen MR) is 146 cm³/mol. The van der Waals surface area contributed by atoms with Crippen molar-refractivity contribution in [2.45, 2.75) is 11.4 Å². The Morgan fingerprint density at radius 1 is 0.784 bits per heavy atom. The van der Waals surface area contributed by atoms with Gasteiger partial charge in [0.25, 0.3) is 5.56 Å². The number of sulfonamides is 1. The van der Waals surface area contributed by atoms with Crippen LogP contribution in [0.5, 0.6) is 5.88 Å². The molecule has 0 unspecified atom stereocenters. The topological polar surface area (TPSA) is 126 Å². The average Bonchev–Trinajstić information content (AvgIpc) is 2.90. The third-order valence-electron chi connectivity index (χ3n) is 6.09. The first-order chi connectivity index (χ1) is 17.8. The first-order valence-corrected chi connectivity index (χ1v) is 13.0. The molecule has 0 amide bonds. The number of nitrogens with one attached hydrogen (secondary N) is 1. The zero-order valence-corrected chi connectivity index (χ0v) is 20.4. The molecule has 1 heterocycles. The molecule has 0 bridgehead atoms. The van der Waals surface area contributed by atoms with Crippen LogP contribution in [0.15, 0.2) is 112 Å². The number of H-pyrrole nitrogens is 1. The predicted octanol–water partition coefficient (Wildman–Crippen LogP) is 4.83. The second-order valence-electron chi connectivity index (χ2n) is 8.58. The number of aromatic amines is 1. The summed E-state index contributed by atoms with van der Waals surface area (Å²) in [6.45, 7) is 0.240. The highest BCUT2D eigenvalue weighted by Crippen LogP contribution is 2.30. The Hall–Kier alpha value is -4.53. The maximum Gasteiger partial charge on any atom is 0.258 e. The fraction of sp³-hybridized carbons (Fsp3) is 0.0345. The molecule has 0 saturated carbocycles. The van der Waals surface area contributed by atoms with Gasteiger partial charge in [-0.2, -0.15) is 0 Å². The van der Waals surface area contributed by atoms with Gasteiger partial charge in [-0.3, -0.25) is 14.8 Å². The molecule has 0 spiro atoms. The molecule has 0 fully saturated rings. The zero-order chi connectivity index (χ0) is 26.0. The Kier molecular flexibility index (Phi) is 6.43. The van der Waals surface area contributed by atoms with Gasteiger partial charge in [0.1, 0.15) is 0 Å². The van der Waals surface area contributed by atoms with Crippen molar-refractivity contribution in [1.82, 2.24) is 4.98 Å². The number of hydrogen-bond donors (Lipinski definition) is 3. The summed E-state index contributed by atoms with van der Waals surface area (Å²) in [5, 5.41) is 16.7. The van der Waals surface area contributed by atoms with Gasteiger partial charge in [-0.15, -0.1) is 0 Å². The van der Waals surface area contributed by atoms with E-state index in [0.717, 1.165) is 27.8 Å². The fourth-order valence-corrected chi connectivity index (χ4v) is 4.70. The lowest BCUT2D eigenvalue weighted by Gasteiger charge is -2.09. The molecule has 7 nitrogen and oxygen atoms in total. The van der Waals surface area contributed by atoms with Gasteiger partial charge in [0.05, 0.1) is 17.0 Å². The smallest absolute Gasteiger partial charge is 0.258 e. The molecule has 184 valence electrons. The van der Waals surface area contributed by atoms with Gasteiger partial charge < -0.3 is 5.11 Å². The van der Waals surface area contributed by atoms with Crippen molar-refractivity contribution >= 4 is 27.0 Å². The maximum atomic E-state index is 12.5. The van der Waals surface area contributed by atoms with E-state index in [1.807, 2.05) is 60.7 Å². The van der Waals surface area contributed by atoms with E-state index >= 15 is 0 Å². The number of primary sulfonamides is 1. The standard InChI is InChI=1S/C29H23N3O4S/c30-37(35,36)24-12-9-19(10-13-24)17-31-18-27-26-16-23(11-14-25(26)28(33)32-29(27)34)22-8-4-7-21(15-22)20-5-2-1-3-6-20/h1-16,18H,17H2,(H2,30,35,36)(H2,32,33,34). The zero-order valence-electron chi connectivity index (χ0n) is 19.6. The van der Waals surface area contributed by atoms with Gasteiger partial charge >= 0.3 is 0 Å². The Morgan fingerprint density at radius 2 is 1.43 bits per heavy atom. The molecule has 0 radical (unpaired) electrons. The first-order valence-electron chi connectivity index (χ1n) is 11.5. The van der Waals surface area contributed by atoms with Crippen LogP contribution in [0, 0.1) is 0 Å². The van der Waals surface area contributed by atoms with Gasteiger partial charge in [-0.25, -0.2) is 13.6 Å². The van der Waals surface area contributed by atoms with Gasteiger partial charge in [0.15, 0.2) is 0 Å². The quantitative estimate of drug-likeness (QED) is 0.283. The van der Waals surface area contributed by atoms with Gasteiger partial charge in [-0.1, -0.05) is 66.7 Å². The number of hydrogen-bond acceptors (Lipinski definition) is 5. The summed E-state index contributed by atoms with van der Waals surface area (Å²) in [7, 11) is -3.77. The Bertz CT molecular complexity index is 1790. The summed E-state index contributed by atoms with van der Waals surface area (Å²) in [5.74, 6) is -0.277. The van der Waals surface area contributed by atoms with E-state index < -0.39 is 15.6 Å². The van der Waals surface area contributed by atoms with Crippen molar-refractivity contribution in [1.29, 1.82) is 0 Å². The van der Waals surface area contributed by atoms with Crippen LogP contribution >= 0.6 is 0 Å². The lowest BCUT2D eigenvalue weighted by atomic mass is 9.96. The van der Waals surface area contributed by atoms with Crippen molar-refractivity contribution in [2.24, 2.45) is 10.1 Å². The summed E-state index contributed by atoms with van der Waals surface area (Å²) in [6.07, 6.45) is 1.51. The van der Waals surface area contributed by atoms with E-state index in [0.29, 0.717) is 16.3 Å². The van der Waals surface area contributed by atoms with Gasteiger partial charge in [0, 0.05) is 17.0 Å². The van der Waals surface area contributed by atoms with Crippen LogP contribution in [-0.2, 0) is 16.6 Å². The van der Waals surface area contributed by atoms with E-state index in [9.17, 15) is 18.3 Å². The van der Waals surface area contributed by atoms with E-state index in [1.54, 1.807) is 18.2 Å². The highest BCUT2D eigenvalue weighted by Gasteiger charge is 2.12. The van der Waals surface area contributed by atoms with Crippen LogP contribution in [0.3, 0.4) is 0 Å². The van der Waals surface area contributed by atoms with Crippen molar-refractivity contribution in [2.75, 3.05) is 0 Å². The maximum absolute atomic E-state index is 12.5. The van der Waals surface area contributed by atoms with Crippen molar-refractivity contribution < 1.29 is 13.5 Å². The molecule has 0 saturated heterocycles. The van der Waals surface area contributed by atoms with Crippen LogP contribution in [-0.4, -0.2) is 24.7 Å². The number of aromatic nitrogens is 1. The normalized spacial score (nSPS) is 11.8. The van der Waals surface area contributed by atoms with Crippen molar-refractivity contribution in [3.63, 3.8) is 0 Å². The Labute approximate surface area is 213 Å². The monoisotopic (exact) mass is 509 g/mol. The van der Waals surface area contributed by atoms with Crippen LogP contribution in [0.1, 0.15) is 11.1 Å². The lowest BCUT2D eigenvalue weighted by molar-refractivity contribution is 0.452. The molecule has 1 aromatic heterocycles. The Balaban J connectivity index is 1.51. The number of aliphatic imine (C=N–C) groups is 1. The molecule has 5 aromatic rings. The van der Waals surface area contributed by atoms with Crippen molar-refractivity contribution in [3.05, 3.63) is 119 Å². The van der Waals surface area contributed by atoms with Crippen LogP contribution in [0.25, 0.3) is 33.0 Å². The number of benzene rings is 4. The third kappa shape index (κ3) is 5.20. The van der Waals surface area contributed by atoms with E-state index in [2.05, 4.69) is 16.0 Å². The minimum Gasteiger partial charge on any atom is -0.494 e. The second kappa shape index (κ2) is 9.85. The Morgan fingerprint density at radius 3 is 2.14 bits per heavy atom. The highest BCUT2D eigenvalue weighted by molar-refractivity contribution is 7.89. The van der Waals surface area contributed by atoms with Crippen LogP contribution in [0.2, 0.25) is 0 Å². The molecule has 0 atom stereocenters. The summed E-state index contributed by atoms with van der Waals surface area (Å²) < 4.78 is 22.9. The second-order valence-corrected chi connectivity index (χ2v) is 10.1. The number of nitrogens with two attached hydrogens (primary N) is 1. The fourth-order valence-electron chi connectivity index (χ4n) is 4.18. The number of aromatic hydroxyl groups is 1. The number of fused-ring (bicyclic) bond motifs is 1. The molecule has 4 aromatic carbocycles. The lowest BCUT2D eigenvalue weighted by Crippen LogP contribution is -2.11. The average molecular weight is 510 g/mol. The summed E-state index contributed by atoms with van der Waals surface area (Å²) in [6, 6.07) is 29.8. The molecule has 4 N–H and O–H groups in total. The summed E-state index contributed by atoms with van der Waals surface area (Å²) in [5.41, 5.74) is 4.79. The van der Waals surface area contributed by atoms with E-state index in [-0.39, 0.29) is 17.3 Å². The number of pyridine rings is 1. The first kappa shape index (κ1) is 24.2. The molecular weight excluding hydrogens is 486 g/mol. The van der Waals surface area contributed by atoms with E-state index in [4.69, 9.17) is 5.14 Å². The van der Waals surface area contributed by atoms with Gasteiger partial charge in [0.2, 0.25) is 15.9 Å². The van der Waals surface area contributed by atoms with Crippen LogP contribution < -0.4 is 10.7 Å². The SMILES string of the molecule is NS(=O)(=O)c1ccc(CN=Cc2c(O)[nH]c(=O)c3ccc(-c4cccc(-c5ccccc5)c4)cc23)cc1.